The molecule has 0 unspecified atom stereocenters. The van der Waals surface area contributed by atoms with Crippen LogP contribution in [0.25, 0.3) is 0 Å². The predicted molar refractivity (Wildman–Crippen MR) is 131 cm³/mol. The second kappa shape index (κ2) is 16.3. The summed E-state index contributed by atoms with van der Waals surface area (Å²) in [5.74, 6) is 0. The number of piperazine rings is 4. The molecular formula is C23H50N8. The van der Waals surface area contributed by atoms with Crippen molar-refractivity contribution in [3.05, 3.63) is 0 Å². The summed E-state index contributed by atoms with van der Waals surface area (Å²) >= 11 is 0. The Kier molecular flexibility index (Phi) is 13.3. The van der Waals surface area contributed by atoms with E-state index in [2.05, 4.69) is 40.9 Å². The lowest BCUT2D eigenvalue weighted by molar-refractivity contribution is 0.177. The molecule has 4 rings (SSSR count). The number of hydrogen-bond acceptors (Lipinski definition) is 8. The predicted octanol–water partition coefficient (Wildman–Crippen LogP) is -1.24. The van der Waals surface area contributed by atoms with E-state index in [0.29, 0.717) is 0 Å². The molecule has 4 aliphatic rings. The Morgan fingerprint density at radius 2 is 0.581 bits per heavy atom. The lowest BCUT2D eigenvalue weighted by Crippen LogP contribution is -2.49. The molecule has 0 aromatic carbocycles. The van der Waals surface area contributed by atoms with Crippen LogP contribution in [0.3, 0.4) is 0 Å². The molecule has 0 amide bonds. The van der Waals surface area contributed by atoms with Gasteiger partial charge in [0.25, 0.3) is 0 Å². The van der Waals surface area contributed by atoms with Crippen molar-refractivity contribution in [2.45, 2.75) is 19.3 Å². The Morgan fingerprint density at radius 1 is 0.323 bits per heavy atom. The SMILES string of the molecule is C(CCN1CCNCC1)CCN1CCNCC1.C1CN(CCN2CCNCC2)CCN1. The van der Waals surface area contributed by atoms with Gasteiger partial charge in [-0.05, 0) is 25.9 Å². The molecule has 4 saturated heterocycles. The third-order valence-electron chi connectivity index (χ3n) is 7.02. The van der Waals surface area contributed by atoms with E-state index in [1.54, 1.807) is 0 Å². The molecule has 0 bridgehead atoms. The van der Waals surface area contributed by atoms with E-state index in [4.69, 9.17) is 0 Å². The summed E-state index contributed by atoms with van der Waals surface area (Å²) in [7, 11) is 0. The number of unbranched alkanes of at least 4 members (excludes halogenated alkanes) is 2. The second-order valence-electron chi connectivity index (χ2n) is 9.43. The highest BCUT2D eigenvalue weighted by molar-refractivity contribution is 4.72. The van der Waals surface area contributed by atoms with Gasteiger partial charge in [-0.2, -0.15) is 0 Å². The minimum atomic E-state index is 1.17. The average Bonchev–Trinajstić information content (AvgIpc) is 2.86. The van der Waals surface area contributed by atoms with Crippen LogP contribution in [-0.2, 0) is 0 Å². The van der Waals surface area contributed by atoms with Gasteiger partial charge in [-0.25, -0.2) is 0 Å². The fraction of sp³-hybridized carbons (Fsp3) is 1.00. The first-order valence-corrected chi connectivity index (χ1v) is 13.1. The molecule has 182 valence electrons. The van der Waals surface area contributed by atoms with Gasteiger partial charge < -0.3 is 31.1 Å². The van der Waals surface area contributed by atoms with Gasteiger partial charge in [0, 0.05) is 118 Å². The first-order chi connectivity index (χ1) is 15.4. The fourth-order valence-corrected chi connectivity index (χ4v) is 4.87. The molecule has 0 saturated carbocycles. The average molecular weight is 439 g/mol. The van der Waals surface area contributed by atoms with Gasteiger partial charge in [0.2, 0.25) is 0 Å². The number of hydrogen-bond donors (Lipinski definition) is 4. The maximum Gasteiger partial charge on any atom is 0.0110 e. The molecule has 8 heteroatoms. The molecule has 0 radical (unpaired) electrons. The quantitative estimate of drug-likeness (QED) is 0.334. The van der Waals surface area contributed by atoms with Crippen molar-refractivity contribution in [3.8, 4) is 0 Å². The summed E-state index contributed by atoms with van der Waals surface area (Å²) in [4.78, 5) is 10.3. The monoisotopic (exact) mass is 438 g/mol. The molecule has 4 N–H and O–H groups in total. The molecule has 0 aliphatic carbocycles. The maximum atomic E-state index is 3.41. The summed E-state index contributed by atoms with van der Waals surface area (Å²) in [5, 5.41) is 13.6. The number of rotatable bonds is 9. The topological polar surface area (TPSA) is 61.1 Å². The van der Waals surface area contributed by atoms with Crippen LogP contribution >= 0.6 is 0 Å². The minimum Gasteiger partial charge on any atom is -0.314 e. The molecular weight excluding hydrogens is 388 g/mol. The van der Waals surface area contributed by atoms with E-state index >= 15 is 0 Å². The lowest BCUT2D eigenvalue weighted by atomic mass is 10.2. The summed E-state index contributed by atoms with van der Waals surface area (Å²) in [6, 6.07) is 0. The van der Waals surface area contributed by atoms with Crippen molar-refractivity contribution in [1.29, 1.82) is 0 Å². The Morgan fingerprint density at radius 3 is 0.871 bits per heavy atom. The van der Waals surface area contributed by atoms with Gasteiger partial charge in [-0.1, -0.05) is 6.42 Å². The van der Waals surface area contributed by atoms with Crippen molar-refractivity contribution < 1.29 is 0 Å². The van der Waals surface area contributed by atoms with E-state index in [0.717, 1.165) is 0 Å². The zero-order valence-electron chi connectivity index (χ0n) is 20.1. The van der Waals surface area contributed by atoms with Crippen LogP contribution in [0.5, 0.6) is 0 Å². The van der Waals surface area contributed by atoms with Crippen molar-refractivity contribution in [3.63, 3.8) is 0 Å². The molecule has 4 aliphatic heterocycles. The van der Waals surface area contributed by atoms with Gasteiger partial charge in [0.05, 0.1) is 0 Å². The lowest BCUT2D eigenvalue weighted by Gasteiger charge is -2.32. The van der Waals surface area contributed by atoms with Gasteiger partial charge in [-0.3, -0.25) is 9.80 Å². The highest BCUT2D eigenvalue weighted by Crippen LogP contribution is 2.03. The van der Waals surface area contributed by atoms with E-state index in [-0.39, 0.29) is 0 Å². The zero-order chi connectivity index (χ0) is 21.4. The van der Waals surface area contributed by atoms with Crippen LogP contribution in [0.4, 0.5) is 0 Å². The smallest absolute Gasteiger partial charge is 0.0110 e. The van der Waals surface area contributed by atoms with Gasteiger partial charge in [-0.15, -0.1) is 0 Å². The van der Waals surface area contributed by atoms with Crippen molar-refractivity contribution in [2.24, 2.45) is 0 Å². The van der Waals surface area contributed by atoms with Crippen LogP contribution in [0, 0.1) is 0 Å². The first-order valence-electron chi connectivity index (χ1n) is 13.1. The Hall–Kier alpha value is -0.320. The first kappa shape index (κ1) is 25.3. The van der Waals surface area contributed by atoms with Crippen molar-refractivity contribution in [2.75, 3.05) is 131 Å². The molecule has 8 nitrogen and oxygen atoms in total. The molecule has 0 aromatic heterocycles. The van der Waals surface area contributed by atoms with Gasteiger partial charge in [0.1, 0.15) is 0 Å². The molecule has 0 spiro atoms. The second-order valence-corrected chi connectivity index (χ2v) is 9.43. The standard InChI is InChI=1S/C13H28N4.C10H22N4/c1(2-8-16-10-4-14-5-11-16)3-9-17-12-6-15-7-13-17;1-5-13(6-2-11-1)9-10-14-7-3-12-4-8-14/h14-15H,1-13H2;11-12H,1-10H2. The molecule has 4 heterocycles. The Labute approximate surface area is 191 Å². The molecule has 4 fully saturated rings. The van der Waals surface area contributed by atoms with Crippen molar-refractivity contribution >= 4 is 0 Å². The van der Waals surface area contributed by atoms with Crippen molar-refractivity contribution in [1.82, 2.24) is 40.9 Å². The maximum absolute atomic E-state index is 3.41. The summed E-state index contributed by atoms with van der Waals surface area (Å²) in [6.45, 7) is 24.4. The molecule has 0 atom stereocenters. The summed E-state index contributed by atoms with van der Waals surface area (Å²) < 4.78 is 0. The third-order valence-corrected chi connectivity index (χ3v) is 7.02. The van der Waals surface area contributed by atoms with Crippen LogP contribution in [0.15, 0.2) is 0 Å². The normalized spacial score (nSPS) is 25.2. The fourth-order valence-electron chi connectivity index (χ4n) is 4.87. The third kappa shape index (κ3) is 11.4. The summed E-state index contributed by atoms with van der Waals surface area (Å²) in [5.41, 5.74) is 0. The van der Waals surface area contributed by atoms with Crippen LogP contribution in [0.2, 0.25) is 0 Å². The van der Waals surface area contributed by atoms with E-state index in [1.165, 1.54) is 150 Å². The highest BCUT2D eigenvalue weighted by atomic mass is 15.2. The highest BCUT2D eigenvalue weighted by Gasteiger charge is 2.13. The zero-order valence-corrected chi connectivity index (χ0v) is 20.1. The van der Waals surface area contributed by atoms with Crippen LogP contribution < -0.4 is 21.3 Å². The largest absolute Gasteiger partial charge is 0.314 e. The Balaban J connectivity index is 0.000000179. The molecule has 0 aromatic rings. The summed E-state index contributed by atoms with van der Waals surface area (Å²) in [6.07, 6.45) is 4.16. The van der Waals surface area contributed by atoms with Crippen LogP contribution in [-0.4, -0.2) is 150 Å². The minimum absolute atomic E-state index is 1.17. The number of nitrogens with one attached hydrogen (secondary N) is 4. The van der Waals surface area contributed by atoms with E-state index < -0.39 is 0 Å². The van der Waals surface area contributed by atoms with E-state index in [9.17, 15) is 0 Å². The van der Waals surface area contributed by atoms with E-state index in [1.807, 2.05) is 0 Å². The Bertz CT molecular complexity index is 376. The molecule has 31 heavy (non-hydrogen) atoms. The van der Waals surface area contributed by atoms with Gasteiger partial charge >= 0.3 is 0 Å². The van der Waals surface area contributed by atoms with Crippen LogP contribution in [0.1, 0.15) is 19.3 Å². The van der Waals surface area contributed by atoms with Gasteiger partial charge in [0.15, 0.2) is 0 Å². The number of nitrogens with zero attached hydrogens (tertiary/aromatic N) is 4.